The second-order valence-electron chi connectivity index (χ2n) is 5.25. The quantitative estimate of drug-likeness (QED) is 0.512. The summed E-state index contributed by atoms with van der Waals surface area (Å²) in [6.45, 7) is 0.578. The van der Waals surface area contributed by atoms with Crippen molar-refractivity contribution in [3.8, 4) is 0 Å². The molecule has 0 unspecified atom stereocenters. The van der Waals surface area contributed by atoms with E-state index >= 15 is 0 Å². The van der Waals surface area contributed by atoms with Crippen molar-refractivity contribution in [1.29, 1.82) is 0 Å². The summed E-state index contributed by atoms with van der Waals surface area (Å²) in [7, 11) is 0. The molecule has 2 aromatic rings. The Labute approximate surface area is 144 Å². The molecule has 122 valence electrons. The van der Waals surface area contributed by atoms with Crippen molar-refractivity contribution < 1.29 is 14.0 Å². The zero-order chi connectivity index (χ0) is 16.9. The number of thiocarbonyl (C=S) groups is 1. The van der Waals surface area contributed by atoms with Crippen molar-refractivity contribution in [1.82, 2.24) is 10.2 Å². The van der Waals surface area contributed by atoms with E-state index in [1.807, 2.05) is 30.3 Å². The monoisotopic (exact) mass is 341 g/mol. The van der Waals surface area contributed by atoms with Crippen LogP contribution >= 0.6 is 12.2 Å². The van der Waals surface area contributed by atoms with Crippen molar-refractivity contribution in [2.24, 2.45) is 10.9 Å². The van der Waals surface area contributed by atoms with Gasteiger partial charge in [0.15, 0.2) is 11.0 Å². The highest BCUT2D eigenvalue weighted by atomic mass is 32.1. The number of amides is 2. The first-order valence-corrected chi connectivity index (χ1v) is 7.78. The molecule has 2 heterocycles. The van der Waals surface area contributed by atoms with E-state index in [0.717, 1.165) is 5.56 Å². The van der Waals surface area contributed by atoms with Gasteiger partial charge in [-0.05, 0) is 29.9 Å². The molecule has 0 saturated carbocycles. The normalized spacial score (nSPS) is 18.2. The van der Waals surface area contributed by atoms with E-state index in [1.165, 1.54) is 11.1 Å². The minimum Gasteiger partial charge on any atom is -0.467 e. The van der Waals surface area contributed by atoms with Crippen LogP contribution in [0.5, 0.6) is 0 Å². The summed E-state index contributed by atoms with van der Waals surface area (Å²) < 4.78 is 5.16. The Morgan fingerprint density at radius 3 is 2.71 bits per heavy atom. The lowest BCUT2D eigenvalue weighted by atomic mass is 10.1. The molecule has 2 amide bonds. The van der Waals surface area contributed by atoms with Crippen LogP contribution < -0.4 is 5.32 Å². The molecule has 0 radical (unpaired) electrons. The van der Waals surface area contributed by atoms with Crippen LogP contribution in [0.3, 0.4) is 0 Å². The molecule has 3 rings (SSSR count). The molecule has 1 aromatic carbocycles. The topological polar surface area (TPSA) is 74.9 Å². The van der Waals surface area contributed by atoms with Gasteiger partial charge in [0.2, 0.25) is 11.8 Å². The molecule has 24 heavy (non-hydrogen) atoms. The number of hydrogen-bond acceptors (Lipinski definition) is 5. The molecule has 1 aromatic heterocycles. The van der Waals surface area contributed by atoms with Crippen LogP contribution in [0.25, 0.3) is 0 Å². The molecule has 0 spiro atoms. The Bertz CT molecular complexity index is 772. The number of nitrogens with one attached hydrogen (secondary N) is 1. The zero-order valence-corrected chi connectivity index (χ0v) is 13.5. The summed E-state index contributed by atoms with van der Waals surface area (Å²) in [5, 5.41) is 2.67. The van der Waals surface area contributed by atoms with Gasteiger partial charge in [0, 0.05) is 6.21 Å². The highest BCUT2D eigenvalue weighted by Crippen LogP contribution is 2.14. The SMILES string of the molecule is O=C1NC(=S)N(Cc2ccccc2)C(=O)[C@@H]1C=NCc1ccco1. The lowest BCUT2D eigenvalue weighted by molar-refractivity contribution is -0.138. The maximum atomic E-state index is 12.6. The summed E-state index contributed by atoms with van der Waals surface area (Å²) in [6.07, 6.45) is 2.89. The maximum Gasteiger partial charge on any atom is 0.247 e. The number of furan rings is 1. The number of carbonyl (C=O) groups is 2. The van der Waals surface area contributed by atoms with Gasteiger partial charge in [0.05, 0.1) is 19.4 Å². The molecule has 0 bridgehead atoms. The Balaban J connectivity index is 1.72. The predicted octanol–water partition coefficient (Wildman–Crippen LogP) is 1.91. The molecule has 6 nitrogen and oxygen atoms in total. The minimum absolute atomic E-state index is 0.115. The van der Waals surface area contributed by atoms with Crippen molar-refractivity contribution in [2.75, 3.05) is 0 Å². The summed E-state index contributed by atoms with van der Waals surface area (Å²) in [4.78, 5) is 30.2. The van der Waals surface area contributed by atoms with Gasteiger partial charge in [-0.25, -0.2) is 0 Å². The molecule has 0 aliphatic carbocycles. The number of nitrogens with zero attached hydrogens (tertiary/aromatic N) is 2. The predicted molar refractivity (Wildman–Crippen MR) is 92.1 cm³/mol. The molecule has 1 N–H and O–H groups in total. The highest BCUT2D eigenvalue weighted by Gasteiger charge is 2.37. The van der Waals surface area contributed by atoms with Crippen LogP contribution in [-0.4, -0.2) is 28.0 Å². The Morgan fingerprint density at radius 1 is 1.21 bits per heavy atom. The van der Waals surface area contributed by atoms with Crippen LogP contribution in [0, 0.1) is 5.92 Å². The van der Waals surface area contributed by atoms with E-state index in [2.05, 4.69) is 10.3 Å². The van der Waals surface area contributed by atoms with Crippen LogP contribution in [0.15, 0.2) is 58.1 Å². The zero-order valence-electron chi connectivity index (χ0n) is 12.7. The van der Waals surface area contributed by atoms with Gasteiger partial charge >= 0.3 is 0 Å². The first-order chi connectivity index (χ1) is 11.6. The Morgan fingerprint density at radius 2 is 2.00 bits per heavy atom. The standard InChI is InChI=1S/C17H15N3O3S/c21-15-14(10-18-9-13-7-4-8-23-13)16(22)20(17(24)19-15)11-12-5-2-1-3-6-12/h1-8,10,14H,9,11H2,(H,19,21,24)/t14-/m1/s1. The second-order valence-corrected chi connectivity index (χ2v) is 5.64. The maximum absolute atomic E-state index is 12.6. The second kappa shape index (κ2) is 7.18. The number of rotatable bonds is 5. The van der Waals surface area contributed by atoms with Gasteiger partial charge in [0.25, 0.3) is 0 Å². The summed E-state index contributed by atoms with van der Waals surface area (Å²) in [6, 6.07) is 13.0. The average molecular weight is 341 g/mol. The fourth-order valence-corrected chi connectivity index (χ4v) is 2.58. The summed E-state index contributed by atoms with van der Waals surface area (Å²) in [5.41, 5.74) is 0.927. The first kappa shape index (κ1) is 16.1. The lowest BCUT2D eigenvalue weighted by Crippen LogP contribution is -2.57. The fraction of sp³-hybridized carbons (Fsp3) is 0.176. The van der Waals surface area contributed by atoms with E-state index in [0.29, 0.717) is 12.3 Å². The van der Waals surface area contributed by atoms with E-state index in [9.17, 15) is 9.59 Å². The van der Waals surface area contributed by atoms with Gasteiger partial charge in [0.1, 0.15) is 5.76 Å². The molecule has 1 saturated heterocycles. The van der Waals surface area contributed by atoms with E-state index in [-0.39, 0.29) is 17.6 Å². The molecule has 1 aliphatic rings. The third kappa shape index (κ3) is 3.57. The van der Waals surface area contributed by atoms with Gasteiger partial charge in [-0.2, -0.15) is 0 Å². The van der Waals surface area contributed by atoms with Crippen molar-refractivity contribution >= 4 is 35.4 Å². The van der Waals surface area contributed by atoms with Crippen LogP contribution in [0.4, 0.5) is 0 Å². The average Bonchev–Trinajstić information content (AvgIpc) is 3.09. The number of aliphatic imine (C=N–C) groups is 1. The minimum atomic E-state index is -0.990. The number of carbonyl (C=O) groups excluding carboxylic acids is 2. The molecule has 1 aliphatic heterocycles. The third-order valence-electron chi connectivity index (χ3n) is 3.56. The van der Waals surface area contributed by atoms with Gasteiger partial charge in [-0.1, -0.05) is 30.3 Å². The molecule has 1 atom stereocenters. The van der Waals surface area contributed by atoms with Gasteiger partial charge in [-0.15, -0.1) is 0 Å². The smallest absolute Gasteiger partial charge is 0.247 e. The van der Waals surface area contributed by atoms with Crippen LogP contribution in [-0.2, 0) is 22.7 Å². The Kier molecular flexibility index (Phi) is 4.81. The molecule has 7 heteroatoms. The fourth-order valence-electron chi connectivity index (χ4n) is 2.33. The molecular formula is C17H15N3O3S. The van der Waals surface area contributed by atoms with Gasteiger partial charge < -0.3 is 9.73 Å². The van der Waals surface area contributed by atoms with E-state index < -0.39 is 11.8 Å². The van der Waals surface area contributed by atoms with Gasteiger partial charge in [-0.3, -0.25) is 19.5 Å². The number of hydrogen-bond donors (Lipinski definition) is 1. The van der Waals surface area contributed by atoms with Crippen molar-refractivity contribution in [3.63, 3.8) is 0 Å². The highest BCUT2D eigenvalue weighted by molar-refractivity contribution is 7.80. The Hall–Kier alpha value is -2.80. The van der Waals surface area contributed by atoms with Crippen molar-refractivity contribution in [2.45, 2.75) is 13.1 Å². The third-order valence-corrected chi connectivity index (χ3v) is 3.88. The van der Waals surface area contributed by atoms with Crippen molar-refractivity contribution in [3.05, 3.63) is 60.1 Å². The lowest BCUT2D eigenvalue weighted by Gasteiger charge is -2.31. The number of benzene rings is 1. The largest absolute Gasteiger partial charge is 0.467 e. The summed E-state index contributed by atoms with van der Waals surface area (Å²) >= 11 is 5.12. The molecule has 1 fully saturated rings. The molecular weight excluding hydrogens is 326 g/mol. The first-order valence-electron chi connectivity index (χ1n) is 7.37. The van der Waals surface area contributed by atoms with Crippen LogP contribution in [0.1, 0.15) is 11.3 Å². The van der Waals surface area contributed by atoms with Crippen LogP contribution in [0.2, 0.25) is 0 Å². The summed E-state index contributed by atoms with van der Waals surface area (Å²) in [5.74, 6) is -1.17. The van der Waals surface area contributed by atoms with E-state index in [1.54, 1.807) is 18.4 Å². The van der Waals surface area contributed by atoms with E-state index in [4.69, 9.17) is 16.6 Å².